The monoisotopic (exact) mass is 219 g/mol. The summed E-state index contributed by atoms with van der Waals surface area (Å²) < 4.78 is 9.92. The van der Waals surface area contributed by atoms with Crippen LogP contribution in [0.25, 0.3) is 10.4 Å². The normalized spacial score (nSPS) is 40.9. The lowest BCUT2D eigenvalue weighted by molar-refractivity contribution is -0.257. The van der Waals surface area contributed by atoms with Gasteiger partial charge < -0.3 is 24.8 Å². The Labute approximate surface area is 85.7 Å². The minimum atomic E-state index is -1.32. The van der Waals surface area contributed by atoms with Gasteiger partial charge in [0, 0.05) is 12.0 Å². The molecule has 1 rings (SSSR count). The van der Waals surface area contributed by atoms with Gasteiger partial charge in [-0.05, 0) is 5.53 Å². The van der Waals surface area contributed by atoms with E-state index in [-0.39, 0.29) is 0 Å². The number of hydrogen-bond acceptors (Lipinski definition) is 6. The first-order valence-corrected chi connectivity index (χ1v) is 4.35. The molecule has 1 heterocycles. The first-order chi connectivity index (χ1) is 7.15. The standard InChI is InChI=1S/C7H13N3O5/c1-14-7-4(9-10-8)6(13)5(12)3(2-11)15-7/h3-7,11-13H,2H2,1H3/t3?,4?,5-,6+,7+/m0/s1. The molecule has 1 saturated heterocycles. The molecule has 0 radical (unpaired) electrons. The van der Waals surface area contributed by atoms with Crippen LogP contribution in [-0.4, -0.2) is 59.7 Å². The minimum absolute atomic E-state index is 0.457. The molecule has 0 aromatic heterocycles. The molecule has 0 aromatic rings. The molecule has 0 saturated carbocycles. The Balaban J connectivity index is 2.83. The largest absolute Gasteiger partial charge is 0.394 e. The van der Waals surface area contributed by atoms with Gasteiger partial charge in [-0.1, -0.05) is 5.11 Å². The maximum Gasteiger partial charge on any atom is 0.168 e. The van der Waals surface area contributed by atoms with E-state index >= 15 is 0 Å². The van der Waals surface area contributed by atoms with Crippen molar-refractivity contribution in [3.63, 3.8) is 0 Å². The van der Waals surface area contributed by atoms with Crippen molar-refractivity contribution in [3.05, 3.63) is 10.4 Å². The van der Waals surface area contributed by atoms with Crippen molar-refractivity contribution in [1.29, 1.82) is 0 Å². The smallest absolute Gasteiger partial charge is 0.168 e. The molecule has 1 fully saturated rings. The lowest BCUT2D eigenvalue weighted by atomic mass is 9.98. The quantitative estimate of drug-likeness (QED) is 0.310. The number of azide groups is 1. The van der Waals surface area contributed by atoms with Crippen molar-refractivity contribution in [2.45, 2.75) is 30.6 Å². The fourth-order valence-electron chi connectivity index (χ4n) is 1.44. The zero-order valence-electron chi connectivity index (χ0n) is 8.09. The zero-order chi connectivity index (χ0) is 11.4. The number of ether oxygens (including phenoxy) is 2. The second kappa shape index (κ2) is 5.26. The first kappa shape index (κ1) is 12.2. The van der Waals surface area contributed by atoms with Gasteiger partial charge in [-0.3, -0.25) is 0 Å². The second-order valence-corrected chi connectivity index (χ2v) is 3.14. The van der Waals surface area contributed by atoms with Gasteiger partial charge in [0.05, 0.1) is 12.7 Å². The van der Waals surface area contributed by atoms with Gasteiger partial charge in [-0.15, -0.1) is 0 Å². The summed E-state index contributed by atoms with van der Waals surface area (Å²) in [6.07, 6.45) is -4.56. The van der Waals surface area contributed by atoms with Crippen molar-refractivity contribution in [2.75, 3.05) is 13.7 Å². The van der Waals surface area contributed by atoms with E-state index in [0.29, 0.717) is 0 Å². The molecular weight excluding hydrogens is 206 g/mol. The minimum Gasteiger partial charge on any atom is -0.394 e. The average molecular weight is 219 g/mol. The highest BCUT2D eigenvalue weighted by Gasteiger charge is 2.43. The van der Waals surface area contributed by atoms with E-state index in [1.807, 2.05) is 0 Å². The SMILES string of the molecule is CO[C@@H]1OC(CO)[C@H](O)[C@H](O)C1N=[N+]=[N-]. The van der Waals surface area contributed by atoms with Crippen LogP contribution in [0.15, 0.2) is 5.11 Å². The summed E-state index contributed by atoms with van der Waals surface area (Å²) in [5.41, 5.74) is 8.26. The topological polar surface area (TPSA) is 128 Å². The van der Waals surface area contributed by atoms with Gasteiger partial charge in [0.25, 0.3) is 0 Å². The molecule has 0 bridgehead atoms. The zero-order valence-corrected chi connectivity index (χ0v) is 8.09. The van der Waals surface area contributed by atoms with Crippen LogP contribution in [-0.2, 0) is 9.47 Å². The third-order valence-electron chi connectivity index (χ3n) is 2.27. The van der Waals surface area contributed by atoms with Gasteiger partial charge in [0.1, 0.15) is 18.2 Å². The van der Waals surface area contributed by atoms with E-state index < -0.39 is 37.3 Å². The lowest BCUT2D eigenvalue weighted by Crippen LogP contribution is -2.58. The number of hydrogen-bond donors (Lipinski definition) is 3. The molecule has 1 aliphatic heterocycles. The Morgan fingerprint density at radius 2 is 2.13 bits per heavy atom. The molecule has 15 heavy (non-hydrogen) atoms. The Kier molecular flexibility index (Phi) is 4.28. The van der Waals surface area contributed by atoms with Gasteiger partial charge in [0.15, 0.2) is 6.29 Å². The van der Waals surface area contributed by atoms with Gasteiger partial charge >= 0.3 is 0 Å². The highest BCUT2D eigenvalue weighted by atomic mass is 16.7. The van der Waals surface area contributed by atoms with Gasteiger partial charge in [-0.2, -0.15) is 0 Å². The number of aliphatic hydroxyl groups is 3. The van der Waals surface area contributed by atoms with Crippen molar-refractivity contribution < 1.29 is 24.8 Å². The summed E-state index contributed by atoms with van der Waals surface area (Å²) in [5, 5.41) is 31.2. The maximum atomic E-state index is 9.59. The highest BCUT2D eigenvalue weighted by Crippen LogP contribution is 2.23. The molecule has 0 amide bonds. The van der Waals surface area contributed by atoms with Gasteiger partial charge in [-0.25, -0.2) is 0 Å². The molecule has 3 N–H and O–H groups in total. The second-order valence-electron chi connectivity index (χ2n) is 3.14. The van der Waals surface area contributed by atoms with Gasteiger partial charge in [0.2, 0.25) is 0 Å². The van der Waals surface area contributed by atoms with Crippen LogP contribution in [0.3, 0.4) is 0 Å². The molecule has 0 spiro atoms. The van der Waals surface area contributed by atoms with Crippen LogP contribution < -0.4 is 0 Å². The highest BCUT2D eigenvalue weighted by molar-refractivity contribution is 4.93. The van der Waals surface area contributed by atoms with Crippen molar-refractivity contribution in [3.8, 4) is 0 Å². The molecule has 2 unspecified atom stereocenters. The van der Waals surface area contributed by atoms with E-state index in [1.54, 1.807) is 0 Å². The predicted molar refractivity (Wildman–Crippen MR) is 47.7 cm³/mol. The molecular formula is C7H13N3O5. The average Bonchev–Trinajstić information content (AvgIpc) is 2.25. The molecule has 8 nitrogen and oxygen atoms in total. The predicted octanol–water partition coefficient (Wildman–Crippen LogP) is -1.25. The summed E-state index contributed by atoms with van der Waals surface area (Å²) in [6, 6.07) is -1.03. The van der Waals surface area contributed by atoms with Crippen molar-refractivity contribution in [1.82, 2.24) is 0 Å². The van der Waals surface area contributed by atoms with Crippen LogP contribution in [0, 0.1) is 0 Å². The summed E-state index contributed by atoms with van der Waals surface area (Å²) in [7, 11) is 1.31. The van der Waals surface area contributed by atoms with Crippen LogP contribution in [0.4, 0.5) is 0 Å². The van der Waals surface area contributed by atoms with E-state index in [4.69, 9.17) is 20.1 Å². The molecule has 1 aliphatic rings. The fraction of sp³-hybridized carbons (Fsp3) is 1.00. The Morgan fingerprint density at radius 1 is 1.47 bits per heavy atom. The first-order valence-electron chi connectivity index (χ1n) is 4.35. The van der Waals surface area contributed by atoms with Crippen LogP contribution in [0.2, 0.25) is 0 Å². The number of methoxy groups -OCH3 is 1. The Hall–Kier alpha value is -0.890. The molecule has 0 aromatic carbocycles. The van der Waals surface area contributed by atoms with E-state index in [9.17, 15) is 10.2 Å². The molecule has 8 heteroatoms. The number of rotatable bonds is 3. The summed E-state index contributed by atoms with van der Waals surface area (Å²) in [4.78, 5) is 2.52. The van der Waals surface area contributed by atoms with Crippen LogP contribution in [0.5, 0.6) is 0 Å². The molecule has 0 aliphatic carbocycles. The third-order valence-corrected chi connectivity index (χ3v) is 2.27. The van der Waals surface area contributed by atoms with Crippen molar-refractivity contribution in [2.24, 2.45) is 5.11 Å². The van der Waals surface area contributed by atoms with Crippen molar-refractivity contribution >= 4 is 0 Å². The summed E-state index contributed by atoms with van der Waals surface area (Å²) in [6.45, 7) is -0.457. The van der Waals surface area contributed by atoms with Crippen LogP contribution in [0.1, 0.15) is 0 Å². The molecule has 86 valence electrons. The number of aliphatic hydroxyl groups excluding tert-OH is 3. The maximum absolute atomic E-state index is 9.59. The Morgan fingerprint density at radius 3 is 2.60 bits per heavy atom. The van der Waals surface area contributed by atoms with E-state index in [1.165, 1.54) is 7.11 Å². The summed E-state index contributed by atoms with van der Waals surface area (Å²) >= 11 is 0. The van der Waals surface area contributed by atoms with E-state index in [2.05, 4.69) is 10.0 Å². The number of nitrogens with zero attached hydrogens (tertiary/aromatic N) is 3. The third kappa shape index (κ3) is 2.37. The Bertz CT molecular complexity index is 255. The van der Waals surface area contributed by atoms with E-state index in [0.717, 1.165) is 0 Å². The lowest BCUT2D eigenvalue weighted by Gasteiger charge is -2.39. The van der Waals surface area contributed by atoms with Crippen LogP contribution >= 0.6 is 0 Å². The molecule has 5 atom stereocenters. The summed E-state index contributed by atoms with van der Waals surface area (Å²) in [5.74, 6) is 0. The fourth-order valence-corrected chi connectivity index (χ4v) is 1.44.